The van der Waals surface area contributed by atoms with Gasteiger partial charge in [0.1, 0.15) is 18.0 Å². The van der Waals surface area contributed by atoms with Crippen molar-refractivity contribution in [2.75, 3.05) is 24.5 Å². The molecular weight excluding hydrogens is 525 g/mol. The van der Waals surface area contributed by atoms with Gasteiger partial charge in [-0.2, -0.15) is 13.2 Å². The number of nitrogens with zero attached hydrogens (tertiary/aromatic N) is 6. The number of hydrogen-bond donors (Lipinski definition) is 0. The highest BCUT2D eigenvalue weighted by Gasteiger charge is 2.45. The Balaban J connectivity index is 1.32. The first kappa shape index (κ1) is 27.6. The SMILES string of the molecule is C=C1N2C=C(CN3CCC=C(C)C3)C=C(C(F)(F)F)C2=CN1c1cccc(C(CC2(CC)CC2)c2nncn2C)c1. The quantitative estimate of drug-likeness (QED) is 0.324. The van der Waals surface area contributed by atoms with Crippen molar-refractivity contribution in [2.24, 2.45) is 12.5 Å². The van der Waals surface area contributed by atoms with Crippen LogP contribution in [-0.4, -0.2) is 50.4 Å². The summed E-state index contributed by atoms with van der Waals surface area (Å²) in [4.78, 5) is 5.55. The summed E-state index contributed by atoms with van der Waals surface area (Å²) < 4.78 is 45.1. The highest BCUT2D eigenvalue weighted by molar-refractivity contribution is 5.64. The second kappa shape index (κ2) is 10.4. The Hall–Kier alpha value is -3.59. The molecule has 0 N–H and O–H groups in total. The average molecular weight is 563 g/mol. The molecule has 0 radical (unpaired) electrons. The molecule has 1 fully saturated rings. The van der Waals surface area contributed by atoms with Gasteiger partial charge in [0, 0.05) is 50.7 Å². The van der Waals surface area contributed by atoms with E-state index in [1.165, 1.54) is 24.5 Å². The van der Waals surface area contributed by atoms with Crippen LogP contribution in [0.3, 0.4) is 0 Å². The maximum atomic E-state index is 14.4. The van der Waals surface area contributed by atoms with Crippen LogP contribution >= 0.6 is 0 Å². The highest BCUT2D eigenvalue weighted by atomic mass is 19.4. The normalized spacial score (nSPS) is 21.3. The van der Waals surface area contributed by atoms with Gasteiger partial charge < -0.3 is 14.4 Å². The first-order valence-corrected chi connectivity index (χ1v) is 14.4. The summed E-state index contributed by atoms with van der Waals surface area (Å²) >= 11 is 0. The van der Waals surface area contributed by atoms with Crippen molar-refractivity contribution in [3.05, 3.63) is 101 Å². The largest absolute Gasteiger partial charge is 0.418 e. The topological polar surface area (TPSA) is 40.4 Å². The number of aryl methyl sites for hydroxylation is 1. The van der Waals surface area contributed by atoms with Crippen molar-refractivity contribution in [3.8, 4) is 0 Å². The van der Waals surface area contributed by atoms with E-state index < -0.39 is 11.7 Å². The van der Waals surface area contributed by atoms with Crippen LogP contribution in [0.5, 0.6) is 0 Å². The van der Waals surface area contributed by atoms with E-state index in [0.717, 1.165) is 49.4 Å². The monoisotopic (exact) mass is 562 g/mol. The molecule has 4 aliphatic rings. The lowest BCUT2D eigenvalue weighted by Crippen LogP contribution is -2.33. The number of aromatic nitrogens is 3. The summed E-state index contributed by atoms with van der Waals surface area (Å²) in [5, 5.41) is 8.59. The van der Waals surface area contributed by atoms with Crippen LogP contribution in [0, 0.1) is 5.41 Å². The van der Waals surface area contributed by atoms with Gasteiger partial charge in [-0.25, -0.2) is 0 Å². The average Bonchev–Trinajstić information content (AvgIpc) is 3.47. The van der Waals surface area contributed by atoms with Crippen LogP contribution in [0.1, 0.15) is 63.3 Å². The molecule has 1 aromatic carbocycles. The summed E-state index contributed by atoms with van der Waals surface area (Å²) in [5.41, 5.74) is 3.48. The van der Waals surface area contributed by atoms with E-state index >= 15 is 0 Å². The molecule has 3 aliphatic heterocycles. The van der Waals surface area contributed by atoms with E-state index in [1.807, 2.05) is 23.7 Å². The van der Waals surface area contributed by atoms with Crippen molar-refractivity contribution in [3.63, 3.8) is 0 Å². The van der Waals surface area contributed by atoms with E-state index in [2.05, 4.69) is 53.7 Å². The van der Waals surface area contributed by atoms with Crippen molar-refractivity contribution in [2.45, 2.75) is 58.0 Å². The van der Waals surface area contributed by atoms with Crippen LogP contribution in [0.15, 0.2) is 90.0 Å². The fourth-order valence-electron chi connectivity index (χ4n) is 6.41. The van der Waals surface area contributed by atoms with Gasteiger partial charge in [0.15, 0.2) is 0 Å². The van der Waals surface area contributed by atoms with Gasteiger partial charge in [-0.15, -0.1) is 10.2 Å². The number of alkyl halides is 3. The smallest absolute Gasteiger partial charge is 0.320 e. The van der Waals surface area contributed by atoms with Gasteiger partial charge >= 0.3 is 6.18 Å². The number of rotatable bonds is 8. The molecule has 0 saturated heterocycles. The van der Waals surface area contributed by atoms with Crippen LogP contribution in [0.25, 0.3) is 0 Å². The van der Waals surface area contributed by atoms with E-state index in [9.17, 15) is 13.2 Å². The molecule has 1 aliphatic carbocycles. The molecule has 1 aromatic heterocycles. The molecule has 41 heavy (non-hydrogen) atoms. The first-order chi connectivity index (χ1) is 19.6. The Labute approximate surface area is 239 Å². The molecule has 216 valence electrons. The molecule has 1 atom stereocenters. The zero-order valence-corrected chi connectivity index (χ0v) is 24.0. The van der Waals surface area contributed by atoms with Gasteiger partial charge in [0.25, 0.3) is 0 Å². The fourth-order valence-corrected chi connectivity index (χ4v) is 6.41. The Morgan fingerprint density at radius 2 is 1.95 bits per heavy atom. The Kier molecular flexibility index (Phi) is 6.96. The molecule has 1 unspecified atom stereocenters. The predicted octanol–water partition coefficient (Wildman–Crippen LogP) is 7.00. The molecular formula is C32H37F3N6. The first-order valence-electron chi connectivity index (χ1n) is 14.4. The second-order valence-corrected chi connectivity index (χ2v) is 12.0. The minimum atomic E-state index is -4.49. The third kappa shape index (κ3) is 5.39. The number of anilines is 1. The van der Waals surface area contributed by atoms with Gasteiger partial charge in [0.2, 0.25) is 0 Å². The number of halogens is 3. The number of allylic oxidation sites excluding steroid dienone is 1. The van der Waals surface area contributed by atoms with E-state index in [0.29, 0.717) is 23.4 Å². The summed E-state index contributed by atoms with van der Waals surface area (Å²) in [6, 6.07) is 8.05. The minimum Gasteiger partial charge on any atom is -0.320 e. The van der Waals surface area contributed by atoms with E-state index in [4.69, 9.17) is 0 Å². The Morgan fingerprint density at radius 1 is 1.15 bits per heavy atom. The number of fused-ring (bicyclic) bond motifs is 1. The van der Waals surface area contributed by atoms with Gasteiger partial charge in [-0.3, -0.25) is 4.90 Å². The lowest BCUT2D eigenvalue weighted by molar-refractivity contribution is -0.0909. The van der Waals surface area contributed by atoms with Gasteiger partial charge in [0.05, 0.1) is 11.3 Å². The zero-order valence-electron chi connectivity index (χ0n) is 24.0. The van der Waals surface area contributed by atoms with Crippen molar-refractivity contribution >= 4 is 5.69 Å². The molecule has 0 bridgehead atoms. The molecule has 6 nitrogen and oxygen atoms in total. The van der Waals surface area contributed by atoms with E-state index in [-0.39, 0.29) is 11.6 Å². The van der Waals surface area contributed by atoms with Crippen LogP contribution in [0.4, 0.5) is 18.9 Å². The Morgan fingerprint density at radius 3 is 2.61 bits per heavy atom. The zero-order chi connectivity index (χ0) is 28.9. The molecule has 2 aromatic rings. The predicted molar refractivity (Wildman–Crippen MR) is 154 cm³/mol. The second-order valence-electron chi connectivity index (χ2n) is 12.0. The van der Waals surface area contributed by atoms with E-state index in [1.54, 1.807) is 28.5 Å². The lowest BCUT2D eigenvalue weighted by atomic mass is 9.84. The minimum absolute atomic E-state index is 0.0372. The standard InChI is InChI=1S/C32H37F3N6/c1-5-31(11-12-31)16-27(30-37-36-21-38(30)4)25-9-6-10-26(15-25)40-20-29-28(32(33,34)35)14-24(19-41(29)23(40)3)18-39-13-7-8-22(2)17-39/h6,8-10,14-15,19-21,27H,3,5,7,11-13,16-18H2,1-2,4H3. The van der Waals surface area contributed by atoms with Crippen LogP contribution in [0.2, 0.25) is 0 Å². The molecule has 1 saturated carbocycles. The number of hydrogen-bond acceptors (Lipinski definition) is 5. The summed E-state index contributed by atoms with van der Waals surface area (Å²) in [7, 11) is 1.96. The van der Waals surface area contributed by atoms with Crippen molar-refractivity contribution in [1.82, 2.24) is 24.6 Å². The molecule has 9 heteroatoms. The van der Waals surface area contributed by atoms with Crippen LogP contribution in [-0.2, 0) is 7.05 Å². The molecule has 6 rings (SSSR count). The Bertz CT molecular complexity index is 1470. The highest BCUT2D eigenvalue weighted by Crippen LogP contribution is 2.56. The third-order valence-electron chi connectivity index (χ3n) is 9.04. The summed E-state index contributed by atoms with van der Waals surface area (Å²) in [6.45, 7) is 10.6. The maximum absolute atomic E-state index is 14.4. The van der Waals surface area contributed by atoms with Crippen molar-refractivity contribution < 1.29 is 13.2 Å². The van der Waals surface area contributed by atoms with Gasteiger partial charge in [-0.1, -0.05) is 43.7 Å². The summed E-state index contributed by atoms with van der Waals surface area (Å²) in [5.74, 6) is 1.41. The van der Waals surface area contributed by atoms with Gasteiger partial charge in [-0.05, 0) is 67.4 Å². The molecule has 4 heterocycles. The molecule has 0 spiro atoms. The number of benzene rings is 1. The van der Waals surface area contributed by atoms with Crippen LogP contribution < -0.4 is 4.90 Å². The fraction of sp³-hybridized carbons (Fsp3) is 0.438. The lowest BCUT2D eigenvalue weighted by Gasteiger charge is -2.31. The summed E-state index contributed by atoms with van der Waals surface area (Å²) in [6.07, 6.45) is 9.49. The van der Waals surface area contributed by atoms with Crippen molar-refractivity contribution in [1.29, 1.82) is 0 Å². The third-order valence-corrected chi connectivity index (χ3v) is 9.04. The molecule has 0 amide bonds. The maximum Gasteiger partial charge on any atom is 0.418 e.